The molecule has 0 bridgehead atoms. The number of carbonyl (C=O) groups excluding carboxylic acids is 1. The van der Waals surface area contributed by atoms with E-state index in [1.807, 2.05) is 36.4 Å². The van der Waals surface area contributed by atoms with Crippen molar-refractivity contribution in [1.29, 1.82) is 5.26 Å². The van der Waals surface area contributed by atoms with Crippen LogP contribution in [-0.2, 0) is 12.8 Å². The smallest absolute Gasteiger partial charge is 0.259 e. The molecule has 0 unspecified atom stereocenters. The molecule has 1 heterocycles. The lowest BCUT2D eigenvalue weighted by molar-refractivity contribution is 0.102. The molecule has 1 aliphatic carbocycles. The van der Waals surface area contributed by atoms with Crippen LogP contribution in [0.2, 0.25) is 10.0 Å². The second-order valence-electron chi connectivity index (χ2n) is 7.22. The van der Waals surface area contributed by atoms with Crippen molar-refractivity contribution < 1.29 is 9.53 Å². The minimum absolute atomic E-state index is 0.153. The van der Waals surface area contributed by atoms with E-state index in [1.165, 1.54) is 16.2 Å². The molecule has 0 saturated heterocycles. The summed E-state index contributed by atoms with van der Waals surface area (Å²) in [6.45, 7) is -0.153. The first kappa shape index (κ1) is 22.3. The molecule has 0 spiro atoms. The van der Waals surface area contributed by atoms with Gasteiger partial charge in [-0.3, -0.25) is 4.79 Å². The fraction of sp³-hybridized carbons (Fsp3) is 0.208. The van der Waals surface area contributed by atoms with Crippen LogP contribution in [0.5, 0.6) is 5.75 Å². The van der Waals surface area contributed by atoms with Crippen molar-refractivity contribution in [2.45, 2.75) is 25.7 Å². The highest BCUT2D eigenvalue weighted by molar-refractivity contribution is 7.16. The van der Waals surface area contributed by atoms with Gasteiger partial charge in [0.1, 0.15) is 16.8 Å². The fourth-order valence-corrected chi connectivity index (χ4v) is 5.45. The summed E-state index contributed by atoms with van der Waals surface area (Å²) in [6.07, 6.45) is 5.54. The molecule has 1 aliphatic rings. The van der Waals surface area contributed by atoms with Crippen molar-refractivity contribution in [3.05, 3.63) is 74.1 Å². The van der Waals surface area contributed by atoms with Gasteiger partial charge in [0.05, 0.1) is 10.6 Å². The lowest BCUT2D eigenvalue weighted by atomic mass is 9.95. The number of para-hydroxylation sites is 1. The van der Waals surface area contributed by atoms with Crippen LogP contribution in [0.25, 0.3) is 0 Å². The van der Waals surface area contributed by atoms with Crippen molar-refractivity contribution in [3.8, 4) is 11.8 Å². The normalized spacial score (nSPS) is 12.9. The summed E-state index contributed by atoms with van der Waals surface area (Å²) < 4.78 is 5.48. The summed E-state index contributed by atoms with van der Waals surface area (Å²) in [7, 11) is 0. The summed E-state index contributed by atoms with van der Waals surface area (Å²) in [6, 6.07) is 14.5. The number of aliphatic imine (C=N–C) groups is 1. The molecule has 0 fully saturated rings. The molecule has 1 amide bonds. The molecule has 0 saturated carbocycles. The quantitative estimate of drug-likeness (QED) is 0.390. The molecule has 8 heteroatoms. The predicted molar refractivity (Wildman–Crippen MR) is 130 cm³/mol. The number of nitrogens with one attached hydrogen (secondary N) is 1. The number of fused-ring (bicyclic) bond motifs is 1. The van der Waals surface area contributed by atoms with E-state index >= 15 is 0 Å². The molecular weight excluding hydrogens is 465 g/mol. The van der Waals surface area contributed by atoms with Gasteiger partial charge in [-0.2, -0.15) is 5.26 Å². The first-order valence-corrected chi connectivity index (χ1v) is 11.7. The van der Waals surface area contributed by atoms with E-state index in [1.54, 1.807) is 18.3 Å². The Hall–Kier alpha value is -2.85. The van der Waals surface area contributed by atoms with Gasteiger partial charge in [-0.25, -0.2) is 4.99 Å². The molecule has 4 rings (SSSR count). The van der Waals surface area contributed by atoms with Crippen molar-refractivity contribution in [2.75, 3.05) is 11.9 Å². The average Bonchev–Trinajstić information content (AvgIpc) is 3.16. The van der Waals surface area contributed by atoms with E-state index in [0.29, 0.717) is 31.9 Å². The number of halogens is 2. The van der Waals surface area contributed by atoms with Gasteiger partial charge in [-0.15, -0.1) is 11.3 Å². The molecule has 2 aromatic carbocycles. The van der Waals surface area contributed by atoms with Gasteiger partial charge in [0.25, 0.3) is 5.91 Å². The first-order valence-electron chi connectivity index (χ1n) is 10.1. The molecular formula is C24H19Cl2N3O2S. The van der Waals surface area contributed by atoms with Crippen LogP contribution in [0.3, 0.4) is 0 Å². The summed E-state index contributed by atoms with van der Waals surface area (Å²) in [5.41, 5.74) is 2.96. The van der Waals surface area contributed by atoms with Crippen molar-refractivity contribution >= 4 is 57.3 Å². The third-order valence-corrected chi connectivity index (χ3v) is 6.75. The Morgan fingerprint density at radius 2 is 2.00 bits per heavy atom. The number of thiophene rings is 1. The first-order chi connectivity index (χ1) is 15.6. The zero-order valence-corrected chi connectivity index (χ0v) is 19.4. The van der Waals surface area contributed by atoms with Crippen LogP contribution in [-0.4, -0.2) is 18.7 Å². The average molecular weight is 484 g/mol. The number of carbonyl (C=O) groups is 1. The SMILES string of the molecule is N#CCOc1c(Cl)cc(Cl)cc1C=Nc1sc2c(c1C(=O)Nc1ccccc1)CCCC2. The number of hydrogen-bond acceptors (Lipinski definition) is 5. The van der Waals surface area contributed by atoms with Gasteiger partial charge in [0.2, 0.25) is 0 Å². The summed E-state index contributed by atoms with van der Waals surface area (Å²) in [4.78, 5) is 19.1. The number of hydrogen-bond donors (Lipinski definition) is 1. The number of benzene rings is 2. The number of ether oxygens (including phenoxy) is 1. The molecule has 0 atom stereocenters. The molecule has 5 nitrogen and oxygen atoms in total. The van der Waals surface area contributed by atoms with Crippen molar-refractivity contribution in [3.63, 3.8) is 0 Å². The van der Waals surface area contributed by atoms with Crippen molar-refractivity contribution in [2.24, 2.45) is 4.99 Å². The topological polar surface area (TPSA) is 74.5 Å². The Morgan fingerprint density at radius 1 is 1.22 bits per heavy atom. The largest absolute Gasteiger partial charge is 0.476 e. The van der Waals surface area contributed by atoms with Crippen LogP contribution >= 0.6 is 34.5 Å². The summed E-state index contributed by atoms with van der Waals surface area (Å²) in [5, 5.41) is 13.2. The highest BCUT2D eigenvalue weighted by Crippen LogP contribution is 2.40. The second-order valence-corrected chi connectivity index (χ2v) is 9.15. The minimum atomic E-state index is -0.173. The standard InChI is InChI=1S/C24H19Cl2N3O2S/c25-16-12-15(22(19(26)13-16)31-11-10-27)14-28-24-21(18-8-4-5-9-20(18)32-24)23(30)29-17-6-2-1-3-7-17/h1-3,6-7,12-14H,4-5,8-9,11H2,(H,29,30). The molecule has 0 radical (unpaired) electrons. The maximum absolute atomic E-state index is 13.2. The Kier molecular flexibility index (Phi) is 7.11. The molecule has 32 heavy (non-hydrogen) atoms. The summed E-state index contributed by atoms with van der Waals surface area (Å²) in [5.74, 6) is 0.158. The third kappa shape index (κ3) is 4.97. The van der Waals surface area contributed by atoms with Crippen molar-refractivity contribution in [1.82, 2.24) is 0 Å². The zero-order valence-electron chi connectivity index (χ0n) is 17.0. The van der Waals surface area contributed by atoms with Gasteiger partial charge in [0, 0.05) is 27.4 Å². The third-order valence-electron chi connectivity index (χ3n) is 5.05. The number of anilines is 1. The fourth-order valence-electron chi connectivity index (χ4n) is 3.65. The zero-order chi connectivity index (χ0) is 22.5. The Labute approximate surface area is 200 Å². The van der Waals surface area contributed by atoms with E-state index in [0.717, 1.165) is 36.9 Å². The van der Waals surface area contributed by atoms with E-state index in [4.69, 9.17) is 33.2 Å². The minimum Gasteiger partial charge on any atom is -0.476 e. The Morgan fingerprint density at radius 3 is 2.78 bits per heavy atom. The Balaban J connectivity index is 1.72. The predicted octanol–water partition coefficient (Wildman–Crippen LogP) is 6.84. The lowest BCUT2D eigenvalue weighted by Gasteiger charge is -2.12. The number of aryl methyl sites for hydroxylation is 1. The molecule has 1 aromatic heterocycles. The number of nitriles is 1. The number of nitrogens with zero attached hydrogens (tertiary/aromatic N) is 2. The maximum Gasteiger partial charge on any atom is 0.259 e. The second kappa shape index (κ2) is 10.2. The summed E-state index contributed by atoms with van der Waals surface area (Å²) >= 11 is 14.0. The van der Waals surface area contributed by atoms with Gasteiger partial charge < -0.3 is 10.1 Å². The number of rotatable bonds is 6. The molecule has 0 aliphatic heterocycles. The maximum atomic E-state index is 13.2. The van der Waals surface area contributed by atoms with E-state index in [9.17, 15) is 4.79 Å². The monoisotopic (exact) mass is 483 g/mol. The van der Waals surface area contributed by atoms with Crippen LogP contribution in [0.1, 0.15) is 39.2 Å². The van der Waals surface area contributed by atoms with E-state index in [-0.39, 0.29) is 12.5 Å². The van der Waals surface area contributed by atoms with Gasteiger partial charge in [-0.1, -0.05) is 41.4 Å². The molecule has 162 valence electrons. The van der Waals surface area contributed by atoms with Crippen LogP contribution in [0.4, 0.5) is 10.7 Å². The highest BCUT2D eigenvalue weighted by atomic mass is 35.5. The lowest BCUT2D eigenvalue weighted by Crippen LogP contribution is -2.14. The van der Waals surface area contributed by atoms with Crippen LogP contribution in [0.15, 0.2) is 47.5 Å². The van der Waals surface area contributed by atoms with Crippen LogP contribution in [0, 0.1) is 11.3 Å². The van der Waals surface area contributed by atoms with Gasteiger partial charge in [0.15, 0.2) is 6.61 Å². The van der Waals surface area contributed by atoms with Crippen LogP contribution < -0.4 is 10.1 Å². The highest BCUT2D eigenvalue weighted by Gasteiger charge is 2.25. The Bertz CT molecular complexity index is 1220. The molecule has 3 aromatic rings. The van der Waals surface area contributed by atoms with Gasteiger partial charge in [-0.05, 0) is 55.5 Å². The molecule has 1 N–H and O–H groups in total. The van der Waals surface area contributed by atoms with Gasteiger partial charge >= 0.3 is 0 Å². The van der Waals surface area contributed by atoms with E-state index < -0.39 is 0 Å². The van der Waals surface area contributed by atoms with E-state index in [2.05, 4.69) is 10.3 Å². The number of amides is 1.